The molecule has 25 heavy (non-hydrogen) atoms. The minimum Gasteiger partial charge on any atom is -0.394 e. The van der Waals surface area contributed by atoms with E-state index in [4.69, 9.17) is 9.84 Å². The summed E-state index contributed by atoms with van der Waals surface area (Å²) in [6.07, 6.45) is 4.39. The molecule has 1 aromatic carbocycles. The fourth-order valence-electron chi connectivity index (χ4n) is 4.08. The van der Waals surface area contributed by atoms with E-state index in [1.807, 2.05) is 29.5 Å². The second-order valence-electron chi connectivity index (χ2n) is 6.99. The second-order valence-corrected chi connectivity index (χ2v) is 7.94. The van der Waals surface area contributed by atoms with Crippen molar-refractivity contribution < 1.29 is 14.9 Å². The van der Waals surface area contributed by atoms with Crippen molar-refractivity contribution in [3.63, 3.8) is 0 Å². The Labute approximate surface area is 152 Å². The molecule has 4 atom stereocenters. The molecule has 1 saturated carbocycles. The number of rotatable bonds is 5. The van der Waals surface area contributed by atoms with E-state index in [1.165, 1.54) is 29.7 Å². The fraction of sp³-hybridized carbons (Fsp3) is 0.500. The van der Waals surface area contributed by atoms with Gasteiger partial charge in [-0.3, -0.25) is 0 Å². The van der Waals surface area contributed by atoms with Gasteiger partial charge in [0.1, 0.15) is 6.10 Å². The van der Waals surface area contributed by atoms with Crippen LogP contribution in [-0.2, 0) is 4.74 Å². The molecule has 2 heterocycles. The zero-order valence-electron chi connectivity index (χ0n) is 14.2. The van der Waals surface area contributed by atoms with Gasteiger partial charge in [0.2, 0.25) is 0 Å². The van der Waals surface area contributed by atoms with E-state index < -0.39 is 6.10 Å². The molecular weight excluding hydrogens is 334 g/mol. The average molecular weight is 359 g/mol. The van der Waals surface area contributed by atoms with Crippen LogP contribution in [0.15, 0.2) is 35.7 Å². The normalized spacial score (nSPS) is 26.6. The highest BCUT2D eigenvalue weighted by Crippen LogP contribution is 2.49. The van der Waals surface area contributed by atoms with E-state index in [2.05, 4.69) is 22.8 Å². The van der Waals surface area contributed by atoms with Crippen LogP contribution in [-0.4, -0.2) is 35.6 Å². The van der Waals surface area contributed by atoms with Gasteiger partial charge in [0.05, 0.1) is 18.8 Å². The van der Waals surface area contributed by atoms with Gasteiger partial charge in [0.15, 0.2) is 0 Å². The quantitative estimate of drug-likeness (QED) is 0.762. The first-order valence-corrected chi connectivity index (χ1v) is 10.0. The zero-order valence-corrected chi connectivity index (χ0v) is 15.0. The number of aliphatic hydroxyl groups excluding tert-OH is 2. The van der Waals surface area contributed by atoms with Crippen molar-refractivity contribution >= 4 is 17.0 Å². The molecule has 0 radical (unpaired) electrons. The summed E-state index contributed by atoms with van der Waals surface area (Å²) in [5.74, 6) is 0.552. The van der Waals surface area contributed by atoms with Gasteiger partial charge in [-0.05, 0) is 35.9 Å². The maximum atomic E-state index is 9.66. The van der Waals surface area contributed by atoms with Crippen molar-refractivity contribution in [3.8, 4) is 0 Å². The number of hydrogen-bond donors (Lipinski definition) is 3. The Morgan fingerprint density at radius 2 is 2.00 bits per heavy atom. The van der Waals surface area contributed by atoms with Crippen LogP contribution in [0.2, 0.25) is 0 Å². The van der Waals surface area contributed by atoms with E-state index in [0.29, 0.717) is 18.6 Å². The van der Waals surface area contributed by atoms with Crippen LogP contribution in [0.3, 0.4) is 0 Å². The Morgan fingerprint density at radius 3 is 2.88 bits per heavy atom. The molecule has 5 heteroatoms. The lowest BCUT2D eigenvalue weighted by molar-refractivity contribution is -0.0371. The highest BCUT2D eigenvalue weighted by atomic mass is 32.1. The maximum absolute atomic E-state index is 9.66. The summed E-state index contributed by atoms with van der Waals surface area (Å²) in [6, 6.07) is 10.3. The number of fused-ring (bicyclic) bond motifs is 3. The summed E-state index contributed by atoms with van der Waals surface area (Å²) in [7, 11) is 0. The van der Waals surface area contributed by atoms with Crippen molar-refractivity contribution in [1.82, 2.24) is 0 Å². The number of aliphatic hydroxyl groups is 2. The van der Waals surface area contributed by atoms with E-state index in [0.717, 1.165) is 17.7 Å². The van der Waals surface area contributed by atoms with Crippen LogP contribution in [0.5, 0.6) is 0 Å². The molecule has 134 valence electrons. The van der Waals surface area contributed by atoms with Crippen LogP contribution in [0.1, 0.15) is 53.7 Å². The lowest BCUT2D eigenvalue weighted by Crippen LogP contribution is -2.33. The molecule has 4 nitrogen and oxygen atoms in total. The van der Waals surface area contributed by atoms with Gasteiger partial charge in [-0.1, -0.05) is 31.0 Å². The summed E-state index contributed by atoms with van der Waals surface area (Å²) in [4.78, 5) is 1.49. The Kier molecular flexibility index (Phi) is 5.08. The van der Waals surface area contributed by atoms with Gasteiger partial charge in [0, 0.05) is 28.6 Å². The maximum Gasteiger partial charge on any atom is 0.111 e. The summed E-state index contributed by atoms with van der Waals surface area (Å²) >= 11 is 1.86. The summed E-state index contributed by atoms with van der Waals surface area (Å²) < 4.78 is 6.59. The molecule has 0 amide bonds. The highest BCUT2D eigenvalue weighted by Gasteiger charge is 2.39. The largest absolute Gasteiger partial charge is 0.394 e. The van der Waals surface area contributed by atoms with Gasteiger partial charge >= 0.3 is 0 Å². The van der Waals surface area contributed by atoms with Crippen LogP contribution in [0, 0.1) is 0 Å². The zero-order chi connectivity index (χ0) is 17.2. The number of para-hydroxylation sites is 1. The fourth-order valence-corrected chi connectivity index (χ4v) is 5.19. The van der Waals surface area contributed by atoms with E-state index >= 15 is 0 Å². The lowest BCUT2D eigenvalue weighted by atomic mass is 9.80. The van der Waals surface area contributed by atoms with Crippen LogP contribution < -0.4 is 5.32 Å². The Morgan fingerprint density at radius 1 is 1.16 bits per heavy atom. The van der Waals surface area contributed by atoms with Gasteiger partial charge in [-0.2, -0.15) is 0 Å². The van der Waals surface area contributed by atoms with E-state index in [-0.39, 0.29) is 12.7 Å². The lowest BCUT2D eigenvalue weighted by Gasteiger charge is -2.40. The van der Waals surface area contributed by atoms with Gasteiger partial charge in [-0.15, -0.1) is 11.3 Å². The first kappa shape index (κ1) is 17.0. The van der Waals surface area contributed by atoms with Crippen molar-refractivity contribution in [2.75, 3.05) is 18.5 Å². The molecule has 0 bridgehead atoms. The molecule has 3 N–H and O–H groups in total. The molecule has 0 saturated heterocycles. The van der Waals surface area contributed by atoms with Gasteiger partial charge in [-0.25, -0.2) is 0 Å². The van der Waals surface area contributed by atoms with Crippen LogP contribution in [0.4, 0.5) is 5.69 Å². The van der Waals surface area contributed by atoms with Crippen molar-refractivity contribution in [1.29, 1.82) is 0 Å². The number of nitrogens with one attached hydrogen (secondary N) is 1. The molecule has 1 aliphatic carbocycles. The minimum absolute atomic E-state index is 0.0597. The monoisotopic (exact) mass is 359 g/mol. The van der Waals surface area contributed by atoms with Crippen molar-refractivity contribution in [3.05, 3.63) is 51.7 Å². The molecule has 1 fully saturated rings. The molecule has 4 unspecified atom stereocenters. The first-order chi connectivity index (χ1) is 12.3. The molecule has 1 aromatic heterocycles. The van der Waals surface area contributed by atoms with Gasteiger partial charge < -0.3 is 20.3 Å². The average Bonchev–Trinajstić information content (AvgIpc) is 3.16. The molecule has 2 aliphatic rings. The Bertz CT molecular complexity index is 716. The van der Waals surface area contributed by atoms with Crippen LogP contribution in [0.25, 0.3) is 0 Å². The SMILES string of the molecule is OCC(O)CNc1ccccc1C1OC2CCCCC2c2sccc21. The highest BCUT2D eigenvalue weighted by molar-refractivity contribution is 7.10. The predicted octanol–water partition coefficient (Wildman–Crippen LogP) is 3.66. The van der Waals surface area contributed by atoms with E-state index in [9.17, 15) is 5.11 Å². The van der Waals surface area contributed by atoms with Crippen molar-refractivity contribution in [2.24, 2.45) is 0 Å². The number of hydrogen-bond acceptors (Lipinski definition) is 5. The summed E-state index contributed by atoms with van der Waals surface area (Å²) in [6.45, 7) is 0.0797. The topological polar surface area (TPSA) is 61.7 Å². The minimum atomic E-state index is -0.764. The molecular formula is C20H25NO3S. The molecule has 0 spiro atoms. The summed E-state index contributed by atoms with van der Waals surface area (Å²) in [5.41, 5.74) is 3.37. The van der Waals surface area contributed by atoms with Crippen molar-refractivity contribution in [2.45, 2.75) is 49.9 Å². The number of ether oxygens (including phenoxy) is 1. The Balaban J connectivity index is 1.65. The number of anilines is 1. The van der Waals surface area contributed by atoms with E-state index in [1.54, 1.807) is 0 Å². The number of thiophene rings is 1. The predicted molar refractivity (Wildman–Crippen MR) is 100 cm³/mol. The molecule has 4 rings (SSSR count). The molecule has 1 aliphatic heterocycles. The Hall–Kier alpha value is -1.40. The molecule has 2 aromatic rings. The number of benzene rings is 1. The third-order valence-electron chi connectivity index (χ3n) is 5.34. The smallest absolute Gasteiger partial charge is 0.111 e. The first-order valence-electron chi connectivity index (χ1n) is 9.12. The van der Waals surface area contributed by atoms with Crippen LogP contribution >= 0.6 is 11.3 Å². The third kappa shape index (κ3) is 3.34. The second kappa shape index (κ2) is 7.46. The standard InChI is InChI=1S/C20H25NO3S/c22-12-13(23)11-21-17-7-3-1-5-14(17)19-16-9-10-25-20(16)15-6-2-4-8-18(15)24-19/h1,3,5,7,9-10,13,15,18-19,21-23H,2,4,6,8,11-12H2. The third-order valence-corrected chi connectivity index (χ3v) is 6.41. The summed E-state index contributed by atoms with van der Waals surface area (Å²) in [5, 5.41) is 24.2. The van der Waals surface area contributed by atoms with Gasteiger partial charge in [0.25, 0.3) is 0 Å².